The van der Waals surface area contributed by atoms with Gasteiger partial charge in [-0.25, -0.2) is 0 Å². The standard InChI is InChI=1S/C9H16O3/c1-3-4-5-7-8(10)6(2)12-9(7)11/h6-8,10H,3-5H2,1-2H3/t6-,7+,8-/m0/s1. The smallest absolute Gasteiger partial charge is 0.312 e. The van der Waals surface area contributed by atoms with Crippen LogP contribution in [0.3, 0.4) is 0 Å². The third-order valence-electron chi connectivity index (χ3n) is 2.37. The monoisotopic (exact) mass is 172 g/mol. The first-order valence-corrected chi connectivity index (χ1v) is 4.55. The van der Waals surface area contributed by atoms with Crippen molar-refractivity contribution in [2.75, 3.05) is 0 Å². The molecule has 3 atom stereocenters. The van der Waals surface area contributed by atoms with Gasteiger partial charge in [-0.05, 0) is 13.3 Å². The molecule has 3 heteroatoms. The molecule has 12 heavy (non-hydrogen) atoms. The first kappa shape index (κ1) is 9.52. The van der Waals surface area contributed by atoms with Crippen molar-refractivity contribution in [3.8, 4) is 0 Å². The SMILES string of the molecule is CCCC[C@H]1C(=O)O[C@@H](C)[C@@H]1O. The van der Waals surface area contributed by atoms with Crippen LogP contribution in [0.15, 0.2) is 0 Å². The Morgan fingerprint density at radius 3 is 2.67 bits per heavy atom. The summed E-state index contributed by atoms with van der Waals surface area (Å²) in [6.07, 6.45) is 1.86. The Hall–Kier alpha value is -0.570. The molecule has 0 amide bonds. The minimum Gasteiger partial charge on any atom is -0.460 e. The van der Waals surface area contributed by atoms with E-state index in [4.69, 9.17) is 4.74 Å². The molecule has 0 aromatic heterocycles. The van der Waals surface area contributed by atoms with Gasteiger partial charge in [0.1, 0.15) is 12.2 Å². The van der Waals surface area contributed by atoms with Gasteiger partial charge in [-0.3, -0.25) is 4.79 Å². The molecule has 1 N–H and O–H groups in total. The van der Waals surface area contributed by atoms with E-state index in [9.17, 15) is 9.90 Å². The highest BCUT2D eigenvalue weighted by Crippen LogP contribution is 2.25. The summed E-state index contributed by atoms with van der Waals surface area (Å²) < 4.78 is 4.89. The maximum atomic E-state index is 11.1. The molecule has 1 heterocycles. The van der Waals surface area contributed by atoms with Crippen LogP contribution in [0.1, 0.15) is 33.1 Å². The summed E-state index contributed by atoms with van der Waals surface area (Å²) >= 11 is 0. The molecule has 0 aromatic carbocycles. The lowest BCUT2D eigenvalue weighted by Gasteiger charge is -2.10. The number of rotatable bonds is 3. The Morgan fingerprint density at radius 2 is 2.25 bits per heavy atom. The molecule has 0 aliphatic carbocycles. The van der Waals surface area contributed by atoms with Crippen molar-refractivity contribution in [1.82, 2.24) is 0 Å². The van der Waals surface area contributed by atoms with Gasteiger partial charge in [0.05, 0.1) is 5.92 Å². The van der Waals surface area contributed by atoms with Crippen molar-refractivity contribution < 1.29 is 14.6 Å². The fourth-order valence-electron chi connectivity index (χ4n) is 1.52. The van der Waals surface area contributed by atoms with Crippen molar-refractivity contribution in [2.24, 2.45) is 5.92 Å². The molecule has 70 valence electrons. The highest BCUT2D eigenvalue weighted by Gasteiger charge is 2.40. The number of hydrogen-bond donors (Lipinski definition) is 1. The third-order valence-corrected chi connectivity index (χ3v) is 2.37. The number of unbranched alkanes of at least 4 members (excludes halogenated alkanes) is 1. The largest absolute Gasteiger partial charge is 0.460 e. The number of hydrogen-bond acceptors (Lipinski definition) is 3. The molecule has 1 aliphatic rings. The zero-order valence-corrected chi connectivity index (χ0v) is 7.62. The molecule has 0 unspecified atom stereocenters. The van der Waals surface area contributed by atoms with E-state index in [1.807, 2.05) is 0 Å². The van der Waals surface area contributed by atoms with Gasteiger partial charge >= 0.3 is 5.97 Å². The number of carbonyl (C=O) groups excluding carboxylic acids is 1. The summed E-state index contributed by atoms with van der Waals surface area (Å²) in [5.74, 6) is -0.511. The van der Waals surface area contributed by atoms with E-state index in [1.165, 1.54) is 0 Å². The average Bonchev–Trinajstić information content (AvgIpc) is 2.25. The van der Waals surface area contributed by atoms with Gasteiger partial charge in [0, 0.05) is 0 Å². The summed E-state index contributed by atoms with van der Waals surface area (Å²) in [5, 5.41) is 9.51. The lowest BCUT2D eigenvalue weighted by molar-refractivity contribution is -0.143. The van der Waals surface area contributed by atoms with Crippen LogP contribution in [0.4, 0.5) is 0 Å². The van der Waals surface area contributed by atoms with E-state index in [-0.39, 0.29) is 18.0 Å². The number of carbonyl (C=O) groups is 1. The minimum atomic E-state index is -0.593. The molecule has 0 radical (unpaired) electrons. The predicted molar refractivity (Wildman–Crippen MR) is 44.6 cm³/mol. The van der Waals surface area contributed by atoms with E-state index in [2.05, 4.69) is 6.92 Å². The summed E-state index contributed by atoms with van der Waals surface area (Å²) in [5.41, 5.74) is 0. The normalized spacial score (nSPS) is 35.2. The lowest BCUT2D eigenvalue weighted by Crippen LogP contribution is -2.24. The molecule has 1 rings (SSSR count). The number of aliphatic hydroxyl groups is 1. The Balaban J connectivity index is 2.46. The molecular weight excluding hydrogens is 156 g/mol. The second kappa shape index (κ2) is 3.90. The number of esters is 1. The Bertz CT molecular complexity index is 167. The van der Waals surface area contributed by atoms with Crippen LogP contribution in [0.5, 0.6) is 0 Å². The molecular formula is C9H16O3. The van der Waals surface area contributed by atoms with Crippen LogP contribution in [0.25, 0.3) is 0 Å². The molecule has 3 nitrogen and oxygen atoms in total. The second-order valence-corrected chi connectivity index (χ2v) is 3.38. The second-order valence-electron chi connectivity index (χ2n) is 3.38. The first-order valence-electron chi connectivity index (χ1n) is 4.55. The van der Waals surface area contributed by atoms with E-state index in [1.54, 1.807) is 6.92 Å². The molecule has 0 saturated carbocycles. The van der Waals surface area contributed by atoms with E-state index >= 15 is 0 Å². The highest BCUT2D eigenvalue weighted by molar-refractivity contribution is 5.75. The Labute approximate surface area is 72.7 Å². The fourth-order valence-corrected chi connectivity index (χ4v) is 1.52. The van der Waals surface area contributed by atoms with E-state index in [0.29, 0.717) is 0 Å². The van der Waals surface area contributed by atoms with E-state index < -0.39 is 6.10 Å². The summed E-state index contributed by atoms with van der Waals surface area (Å²) in [7, 11) is 0. The van der Waals surface area contributed by atoms with Crippen LogP contribution < -0.4 is 0 Å². The van der Waals surface area contributed by atoms with Crippen LogP contribution in [0, 0.1) is 5.92 Å². The van der Waals surface area contributed by atoms with Crippen LogP contribution in [-0.2, 0) is 9.53 Å². The number of aliphatic hydroxyl groups excluding tert-OH is 1. The zero-order chi connectivity index (χ0) is 9.14. The van der Waals surface area contributed by atoms with Crippen molar-refractivity contribution in [3.05, 3.63) is 0 Å². The average molecular weight is 172 g/mol. The molecule has 1 saturated heterocycles. The highest BCUT2D eigenvalue weighted by atomic mass is 16.6. The minimum absolute atomic E-state index is 0.233. The zero-order valence-electron chi connectivity index (χ0n) is 7.62. The van der Waals surface area contributed by atoms with Crippen molar-refractivity contribution in [2.45, 2.75) is 45.3 Å². The number of ether oxygens (including phenoxy) is 1. The van der Waals surface area contributed by atoms with Gasteiger partial charge in [0.25, 0.3) is 0 Å². The lowest BCUT2D eigenvalue weighted by atomic mass is 9.96. The van der Waals surface area contributed by atoms with Gasteiger partial charge in [0.15, 0.2) is 0 Å². The molecule has 0 aromatic rings. The van der Waals surface area contributed by atoms with Crippen LogP contribution in [0.2, 0.25) is 0 Å². The van der Waals surface area contributed by atoms with Crippen LogP contribution in [-0.4, -0.2) is 23.3 Å². The molecule has 1 aliphatic heterocycles. The van der Waals surface area contributed by atoms with Gasteiger partial charge in [-0.2, -0.15) is 0 Å². The summed E-state index contributed by atoms with van der Waals surface area (Å²) in [6.45, 7) is 3.80. The molecule has 0 bridgehead atoms. The first-order chi connectivity index (χ1) is 5.66. The van der Waals surface area contributed by atoms with Gasteiger partial charge in [-0.15, -0.1) is 0 Å². The molecule has 1 fully saturated rings. The quantitative estimate of drug-likeness (QED) is 0.648. The topological polar surface area (TPSA) is 46.5 Å². The predicted octanol–water partition coefficient (Wildman–Crippen LogP) is 1.10. The third kappa shape index (κ3) is 1.78. The Morgan fingerprint density at radius 1 is 1.58 bits per heavy atom. The number of cyclic esters (lactones) is 1. The van der Waals surface area contributed by atoms with Crippen molar-refractivity contribution >= 4 is 5.97 Å². The van der Waals surface area contributed by atoms with Crippen molar-refractivity contribution in [1.29, 1.82) is 0 Å². The van der Waals surface area contributed by atoms with Crippen LogP contribution >= 0.6 is 0 Å². The summed E-state index contributed by atoms with van der Waals surface area (Å²) in [6, 6.07) is 0. The van der Waals surface area contributed by atoms with Gasteiger partial charge in [-0.1, -0.05) is 19.8 Å². The molecule has 0 spiro atoms. The van der Waals surface area contributed by atoms with E-state index in [0.717, 1.165) is 19.3 Å². The maximum Gasteiger partial charge on any atom is 0.312 e. The summed E-state index contributed by atoms with van der Waals surface area (Å²) in [4.78, 5) is 11.1. The maximum absolute atomic E-state index is 11.1. The fraction of sp³-hybridized carbons (Fsp3) is 0.889. The van der Waals surface area contributed by atoms with Crippen molar-refractivity contribution in [3.63, 3.8) is 0 Å². The Kier molecular flexibility index (Phi) is 3.09. The van der Waals surface area contributed by atoms with Gasteiger partial charge < -0.3 is 9.84 Å². The van der Waals surface area contributed by atoms with Gasteiger partial charge in [0.2, 0.25) is 0 Å².